The van der Waals surface area contributed by atoms with E-state index >= 15 is 0 Å². The highest BCUT2D eigenvalue weighted by atomic mass is 32.1. The van der Waals surface area contributed by atoms with Gasteiger partial charge in [-0.2, -0.15) is 8.78 Å². The maximum atomic E-state index is 13.6. The van der Waals surface area contributed by atoms with Gasteiger partial charge in [-0.05, 0) is 6.92 Å². The van der Waals surface area contributed by atoms with Gasteiger partial charge in [0.1, 0.15) is 16.6 Å². The van der Waals surface area contributed by atoms with Crippen LogP contribution >= 0.6 is 11.3 Å². The van der Waals surface area contributed by atoms with Crippen molar-refractivity contribution in [2.24, 2.45) is 0 Å². The number of anilines is 3. The van der Waals surface area contributed by atoms with Crippen LogP contribution in [0.2, 0.25) is 0 Å². The zero-order valence-corrected chi connectivity index (χ0v) is 15.6. The third kappa shape index (κ3) is 4.59. The minimum atomic E-state index is -3.17. The zero-order valence-electron chi connectivity index (χ0n) is 14.7. The maximum Gasteiger partial charge on any atom is 0.303 e. The second-order valence-electron chi connectivity index (χ2n) is 5.87. The largest absolute Gasteiger partial charge is 0.339 e. The molecule has 0 atom stereocenters. The molecule has 0 spiro atoms. The van der Waals surface area contributed by atoms with Crippen molar-refractivity contribution in [3.63, 3.8) is 0 Å². The molecule has 0 fully saturated rings. The molecule has 0 aliphatic carbocycles. The van der Waals surface area contributed by atoms with Crippen molar-refractivity contribution in [3.05, 3.63) is 41.4 Å². The number of alkyl halides is 2. The summed E-state index contributed by atoms with van der Waals surface area (Å²) in [5, 5.41) is 8.11. The van der Waals surface area contributed by atoms with Crippen LogP contribution in [0.15, 0.2) is 29.9 Å². The Morgan fingerprint density at radius 2 is 1.96 bits per heavy atom. The van der Waals surface area contributed by atoms with Gasteiger partial charge in [-0.1, -0.05) is 0 Å². The van der Waals surface area contributed by atoms with Crippen LogP contribution in [0.5, 0.6) is 0 Å². The van der Waals surface area contributed by atoms with Crippen LogP contribution in [0, 0.1) is 6.92 Å². The number of aryl methyl sites for hydroxylation is 1. The summed E-state index contributed by atoms with van der Waals surface area (Å²) < 4.78 is 27.3. The van der Waals surface area contributed by atoms with Gasteiger partial charge in [-0.3, -0.25) is 4.79 Å². The molecule has 27 heavy (non-hydrogen) atoms. The van der Waals surface area contributed by atoms with Crippen LogP contribution in [0.1, 0.15) is 25.4 Å². The SMILES string of the molecule is CC(=O)Nc1cc(Nc2cc(C)nc(C(C)(F)F)n2)c(-c2nccs2)cn1. The molecule has 0 bridgehead atoms. The molecule has 1 amide bonds. The van der Waals surface area contributed by atoms with Gasteiger partial charge in [-0.25, -0.2) is 19.9 Å². The van der Waals surface area contributed by atoms with Gasteiger partial charge in [-0.15, -0.1) is 11.3 Å². The highest BCUT2D eigenvalue weighted by Gasteiger charge is 2.29. The lowest BCUT2D eigenvalue weighted by Crippen LogP contribution is -2.14. The molecule has 3 aromatic rings. The summed E-state index contributed by atoms with van der Waals surface area (Å²) in [5.74, 6) is -3.49. The van der Waals surface area contributed by atoms with Gasteiger partial charge < -0.3 is 10.6 Å². The number of carbonyl (C=O) groups excluding carboxylic acids is 1. The average molecular weight is 390 g/mol. The van der Waals surface area contributed by atoms with Crippen molar-refractivity contribution in [2.45, 2.75) is 26.7 Å². The van der Waals surface area contributed by atoms with Crippen molar-refractivity contribution in [1.82, 2.24) is 19.9 Å². The van der Waals surface area contributed by atoms with Gasteiger partial charge in [0.25, 0.3) is 0 Å². The number of carbonyl (C=O) groups is 1. The van der Waals surface area contributed by atoms with Crippen LogP contribution in [-0.2, 0) is 10.7 Å². The Kier molecular flexibility index (Phi) is 5.08. The topological polar surface area (TPSA) is 92.7 Å². The van der Waals surface area contributed by atoms with Gasteiger partial charge in [0.05, 0.1) is 11.3 Å². The molecule has 0 aliphatic heterocycles. The molecule has 3 aromatic heterocycles. The number of rotatable bonds is 5. The molecule has 140 valence electrons. The summed E-state index contributed by atoms with van der Waals surface area (Å²) >= 11 is 1.40. The van der Waals surface area contributed by atoms with Crippen molar-refractivity contribution < 1.29 is 13.6 Å². The minimum Gasteiger partial charge on any atom is -0.339 e. The Morgan fingerprint density at radius 1 is 1.19 bits per heavy atom. The summed E-state index contributed by atoms with van der Waals surface area (Å²) in [7, 11) is 0. The molecule has 0 aromatic carbocycles. The predicted molar refractivity (Wildman–Crippen MR) is 99.3 cm³/mol. The van der Waals surface area contributed by atoms with Crippen molar-refractivity contribution in [2.75, 3.05) is 10.6 Å². The number of hydrogen-bond donors (Lipinski definition) is 2. The van der Waals surface area contributed by atoms with Crippen LogP contribution < -0.4 is 10.6 Å². The van der Waals surface area contributed by atoms with Gasteiger partial charge in [0, 0.05) is 49.4 Å². The van der Waals surface area contributed by atoms with E-state index in [1.165, 1.54) is 18.3 Å². The molecule has 0 saturated heterocycles. The van der Waals surface area contributed by atoms with E-state index in [-0.39, 0.29) is 11.7 Å². The van der Waals surface area contributed by atoms with Crippen molar-refractivity contribution >= 4 is 34.6 Å². The lowest BCUT2D eigenvalue weighted by atomic mass is 10.2. The van der Waals surface area contributed by atoms with E-state index in [0.717, 1.165) is 6.92 Å². The first-order chi connectivity index (χ1) is 12.7. The van der Waals surface area contributed by atoms with E-state index in [1.54, 1.807) is 31.5 Å². The monoisotopic (exact) mass is 390 g/mol. The minimum absolute atomic E-state index is 0.205. The number of aromatic nitrogens is 4. The molecule has 3 heterocycles. The van der Waals surface area contributed by atoms with E-state index in [1.807, 2.05) is 5.38 Å². The predicted octanol–water partition coefficient (Wildman–Crippen LogP) is 4.12. The summed E-state index contributed by atoms with van der Waals surface area (Å²) in [4.78, 5) is 27.5. The Balaban J connectivity index is 2.04. The third-order valence-electron chi connectivity index (χ3n) is 3.38. The fourth-order valence-electron chi connectivity index (χ4n) is 2.30. The summed E-state index contributed by atoms with van der Waals surface area (Å²) in [6.45, 7) is 3.72. The Hall–Kier alpha value is -3.01. The van der Waals surface area contributed by atoms with Crippen LogP contribution in [-0.4, -0.2) is 25.8 Å². The highest BCUT2D eigenvalue weighted by Crippen LogP contribution is 2.33. The highest BCUT2D eigenvalue weighted by molar-refractivity contribution is 7.13. The number of nitrogens with one attached hydrogen (secondary N) is 2. The number of thiazole rings is 1. The Bertz CT molecular complexity index is 972. The van der Waals surface area contributed by atoms with E-state index in [4.69, 9.17) is 0 Å². The summed E-state index contributed by atoms with van der Waals surface area (Å²) in [5.41, 5.74) is 1.57. The molecule has 0 unspecified atom stereocenters. The quantitative estimate of drug-likeness (QED) is 0.681. The Morgan fingerprint density at radius 3 is 2.59 bits per heavy atom. The number of amides is 1. The normalized spacial score (nSPS) is 11.3. The number of pyridine rings is 1. The number of hydrogen-bond acceptors (Lipinski definition) is 7. The Labute approximate surface area is 157 Å². The standard InChI is InChI=1S/C17H16F2N6OS/c1-9-6-14(25-16(22-9)17(3,18)19)24-12-7-13(23-10(2)26)21-8-11(12)15-20-4-5-27-15/h4-8H,1-3H3,(H2,21,22,23,24,25,26). The third-order valence-corrected chi connectivity index (χ3v) is 4.19. The number of nitrogens with zero attached hydrogens (tertiary/aromatic N) is 4. The molecule has 0 saturated carbocycles. The zero-order chi connectivity index (χ0) is 19.6. The lowest BCUT2D eigenvalue weighted by Gasteiger charge is -2.15. The maximum absolute atomic E-state index is 13.6. The average Bonchev–Trinajstić information content (AvgIpc) is 3.07. The molecule has 3 rings (SSSR count). The summed E-state index contributed by atoms with van der Waals surface area (Å²) in [6, 6.07) is 3.15. The second kappa shape index (κ2) is 7.31. The second-order valence-corrected chi connectivity index (χ2v) is 6.76. The lowest BCUT2D eigenvalue weighted by molar-refractivity contribution is -0.114. The molecule has 2 N–H and O–H groups in total. The molecule has 0 radical (unpaired) electrons. The smallest absolute Gasteiger partial charge is 0.303 e. The van der Waals surface area contributed by atoms with E-state index in [0.29, 0.717) is 27.8 Å². The first kappa shape index (κ1) is 18.8. The van der Waals surface area contributed by atoms with Crippen LogP contribution in [0.3, 0.4) is 0 Å². The van der Waals surface area contributed by atoms with E-state index in [2.05, 4.69) is 30.6 Å². The van der Waals surface area contributed by atoms with Crippen LogP contribution in [0.25, 0.3) is 10.6 Å². The van der Waals surface area contributed by atoms with Crippen LogP contribution in [0.4, 0.5) is 26.1 Å². The van der Waals surface area contributed by atoms with Crippen molar-refractivity contribution in [3.8, 4) is 10.6 Å². The first-order valence-electron chi connectivity index (χ1n) is 7.91. The van der Waals surface area contributed by atoms with E-state index < -0.39 is 11.7 Å². The molecular formula is C17H16F2N6OS. The first-order valence-corrected chi connectivity index (χ1v) is 8.79. The molecule has 10 heteroatoms. The number of halogens is 2. The molecule has 7 nitrogen and oxygen atoms in total. The van der Waals surface area contributed by atoms with Gasteiger partial charge in [0.2, 0.25) is 11.7 Å². The summed E-state index contributed by atoms with van der Waals surface area (Å²) in [6.07, 6.45) is 3.20. The molecule has 0 aliphatic rings. The van der Waals surface area contributed by atoms with Gasteiger partial charge >= 0.3 is 5.92 Å². The fourth-order valence-corrected chi connectivity index (χ4v) is 2.96. The van der Waals surface area contributed by atoms with Gasteiger partial charge in [0.15, 0.2) is 0 Å². The van der Waals surface area contributed by atoms with Crippen molar-refractivity contribution in [1.29, 1.82) is 0 Å². The fraction of sp³-hybridized carbons (Fsp3) is 0.235. The van der Waals surface area contributed by atoms with E-state index in [9.17, 15) is 13.6 Å². The molecular weight excluding hydrogens is 374 g/mol.